The highest BCUT2D eigenvalue weighted by Crippen LogP contribution is 2.35. The summed E-state index contributed by atoms with van der Waals surface area (Å²) in [6.45, 7) is 4.39. The largest absolute Gasteiger partial charge is 0.397 e. The number of sulfonamides is 1. The summed E-state index contributed by atoms with van der Waals surface area (Å²) in [5, 5.41) is 0.396. The molecule has 20 heavy (non-hydrogen) atoms. The number of halogens is 1. The van der Waals surface area contributed by atoms with Crippen molar-refractivity contribution < 1.29 is 8.42 Å². The number of rotatable bonds is 6. The lowest BCUT2D eigenvalue weighted by atomic mass is 10.2. The van der Waals surface area contributed by atoms with Crippen LogP contribution in [0.4, 0.5) is 5.69 Å². The average Bonchev–Trinajstić information content (AvgIpc) is 3.18. The Bertz CT molecular complexity index is 597. The zero-order chi connectivity index (χ0) is 14.9. The molecule has 2 rings (SSSR count). The minimum absolute atomic E-state index is 0.155. The van der Waals surface area contributed by atoms with Crippen LogP contribution < -0.4 is 5.73 Å². The van der Waals surface area contributed by atoms with Crippen molar-refractivity contribution in [1.29, 1.82) is 0 Å². The first-order chi connectivity index (χ1) is 9.37. The van der Waals surface area contributed by atoms with Gasteiger partial charge >= 0.3 is 0 Å². The fourth-order valence-corrected chi connectivity index (χ4v) is 4.43. The minimum atomic E-state index is -3.49. The molecule has 1 aromatic carbocycles. The van der Waals surface area contributed by atoms with Crippen LogP contribution in [-0.4, -0.2) is 25.3 Å². The summed E-state index contributed by atoms with van der Waals surface area (Å²) in [6, 6.07) is 3.26. The van der Waals surface area contributed by atoms with E-state index in [9.17, 15) is 8.42 Å². The summed E-state index contributed by atoms with van der Waals surface area (Å²) in [4.78, 5) is 0.280. The zero-order valence-electron chi connectivity index (χ0n) is 11.9. The Hall–Kier alpha value is -0.780. The van der Waals surface area contributed by atoms with E-state index in [-0.39, 0.29) is 10.9 Å². The Morgan fingerprint density at radius 2 is 2.05 bits per heavy atom. The molecule has 0 unspecified atom stereocenters. The molecule has 0 aliphatic heterocycles. The van der Waals surface area contributed by atoms with Gasteiger partial charge in [0, 0.05) is 12.6 Å². The molecule has 0 aromatic heterocycles. The maximum absolute atomic E-state index is 12.8. The number of benzene rings is 1. The van der Waals surface area contributed by atoms with Crippen molar-refractivity contribution in [2.45, 2.75) is 50.5 Å². The van der Waals surface area contributed by atoms with Gasteiger partial charge in [0.1, 0.15) is 0 Å². The van der Waals surface area contributed by atoms with Crippen molar-refractivity contribution in [3.8, 4) is 0 Å². The molecule has 2 N–H and O–H groups in total. The summed E-state index contributed by atoms with van der Waals surface area (Å²) in [7, 11) is -3.49. The third-order valence-corrected chi connectivity index (χ3v) is 5.99. The molecule has 112 valence electrons. The summed E-state index contributed by atoms with van der Waals surface area (Å²) in [5.74, 6) is 0. The van der Waals surface area contributed by atoms with E-state index in [2.05, 4.69) is 6.92 Å². The zero-order valence-corrected chi connectivity index (χ0v) is 13.5. The first-order valence-corrected chi connectivity index (χ1v) is 8.77. The Balaban J connectivity index is 2.39. The lowest BCUT2D eigenvalue weighted by molar-refractivity contribution is 0.395. The molecule has 1 aromatic rings. The number of anilines is 1. The lowest BCUT2D eigenvalue weighted by Gasteiger charge is -2.23. The lowest BCUT2D eigenvalue weighted by Crippen LogP contribution is -2.34. The SMILES string of the molecule is CCCCN(C1CC1)S(=O)(=O)c1cc(N)c(Cl)cc1C. The number of unbranched alkanes of at least 4 members (excludes halogenated alkanes) is 1. The van der Waals surface area contributed by atoms with Crippen LogP contribution in [-0.2, 0) is 10.0 Å². The van der Waals surface area contributed by atoms with Gasteiger partial charge in [-0.1, -0.05) is 24.9 Å². The summed E-state index contributed by atoms with van der Waals surface area (Å²) < 4.78 is 27.3. The van der Waals surface area contributed by atoms with Crippen LogP contribution in [0.5, 0.6) is 0 Å². The fraction of sp³-hybridized carbons (Fsp3) is 0.571. The van der Waals surface area contributed by atoms with Gasteiger partial charge in [0.2, 0.25) is 10.0 Å². The van der Waals surface area contributed by atoms with Gasteiger partial charge < -0.3 is 5.73 Å². The molecule has 0 atom stereocenters. The summed E-state index contributed by atoms with van der Waals surface area (Å²) >= 11 is 5.94. The van der Waals surface area contributed by atoms with Crippen molar-refractivity contribution in [2.24, 2.45) is 0 Å². The van der Waals surface area contributed by atoms with E-state index in [1.54, 1.807) is 17.3 Å². The molecule has 0 heterocycles. The molecule has 0 radical (unpaired) electrons. The Morgan fingerprint density at radius 1 is 1.40 bits per heavy atom. The van der Waals surface area contributed by atoms with Gasteiger partial charge in [0.15, 0.2) is 0 Å². The predicted molar refractivity (Wildman–Crippen MR) is 82.4 cm³/mol. The van der Waals surface area contributed by atoms with Gasteiger partial charge in [-0.15, -0.1) is 0 Å². The van der Waals surface area contributed by atoms with Crippen molar-refractivity contribution in [3.63, 3.8) is 0 Å². The van der Waals surface area contributed by atoms with Crippen LogP contribution in [0, 0.1) is 6.92 Å². The second-order valence-electron chi connectivity index (χ2n) is 5.34. The maximum Gasteiger partial charge on any atom is 0.243 e. The van der Waals surface area contributed by atoms with E-state index in [4.69, 9.17) is 17.3 Å². The first-order valence-electron chi connectivity index (χ1n) is 6.95. The van der Waals surface area contributed by atoms with Crippen molar-refractivity contribution in [3.05, 3.63) is 22.7 Å². The first kappa shape index (κ1) is 15.6. The summed E-state index contributed by atoms with van der Waals surface area (Å²) in [6.07, 6.45) is 3.74. The van der Waals surface area contributed by atoms with Crippen LogP contribution in [0.15, 0.2) is 17.0 Å². The van der Waals surface area contributed by atoms with Crippen LogP contribution in [0.25, 0.3) is 0 Å². The van der Waals surface area contributed by atoms with Gasteiger partial charge in [0.05, 0.1) is 15.6 Å². The fourth-order valence-electron chi connectivity index (χ4n) is 2.25. The Morgan fingerprint density at radius 3 is 2.60 bits per heavy atom. The Labute approximate surface area is 126 Å². The van der Waals surface area contributed by atoms with Gasteiger partial charge in [-0.2, -0.15) is 4.31 Å². The van der Waals surface area contributed by atoms with E-state index in [1.807, 2.05) is 0 Å². The molecule has 1 aliphatic rings. The van der Waals surface area contributed by atoms with E-state index >= 15 is 0 Å². The molecule has 1 aliphatic carbocycles. The molecule has 1 fully saturated rings. The summed E-state index contributed by atoms with van der Waals surface area (Å²) in [5.41, 5.74) is 6.72. The topological polar surface area (TPSA) is 63.4 Å². The molecular formula is C14H21ClN2O2S. The number of nitrogen functional groups attached to an aromatic ring is 1. The highest BCUT2D eigenvalue weighted by Gasteiger charge is 2.38. The van der Waals surface area contributed by atoms with E-state index < -0.39 is 10.0 Å². The normalized spacial score (nSPS) is 15.8. The quantitative estimate of drug-likeness (QED) is 0.820. The second-order valence-corrected chi connectivity index (χ2v) is 7.61. The van der Waals surface area contributed by atoms with Gasteiger partial charge in [-0.05, 0) is 43.9 Å². The molecule has 0 bridgehead atoms. The van der Waals surface area contributed by atoms with Crippen molar-refractivity contribution in [2.75, 3.05) is 12.3 Å². The van der Waals surface area contributed by atoms with E-state index in [0.717, 1.165) is 25.7 Å². The molecule has 6 heteroatoms. The molecule has 1 saturated carbocycles. The van der Waals surface area contributed by atoms with E-state index in [1.165, 1.54) is 6.07 Å². The van der Waals surface area contributed by atoms with E-state index in [0.29, 0.717) is 22.8 Å². The number of hydrogen-bond acceptors (Lipinski definition) is 3. The van der Waals surface area contributed by atoms with Crippen molar-refractivity contribution in [1.82, 2.24) is 4.31 Å². The van der Waals surface area contributed by atoms with Gasteiger partial charge in [0.25, 0.3) is 0 Å². The number of nitrogens with two attached hydrogens (primary N) is 1. The standard InChI is InChI=1S/C14H21ClN2O2S/c1-3-4-7-17(11-5-6-11)20(18,19)14-9-13(16)12(15)8-10(14)2/h8-9,11H,3-7,16H2,1-2H3. The van der Waals surface area contributed by atoms with Crippen LogP contribution in [0.1, 0.15) is 38.2 Å². The third-order valence-electron chi connectivity index (χ3n) is 3.57. The predicted octanol–water partition coefficient (Wildman–Crippen LogP) is 3.18. The van der Waals surface area contributed by atoms with Crippen molar-refractivity contribution >= 4 is 27.3 Å². The van der Waals surface area contributed by atoms with Crippen LogP contribution in [0.3, 0.4) is 0 Å². The number of aryl methyl sites for hydroxylation is 1. The molecular weight excluding hydrogens is 296 g/mol. The average molecular weight is 317 g/mol. The maximum atomic E-state index is 12.8. The third kappa shape index (κ3) is 3.10. The van der Waals surface area contributed by atoms with Crippen LogP contribution in [0.2, 0.25) is 5.02 Å². The van der Waals surface area contributed by atoms with Gasteiger partial charge in [-0.3, -0.25) is 0 Å². The second kappa shape index (κ2) is 5.92. The molecule has 0 spiro atoms. The number of hydrogen-bond donors (Lipinski definition) is 1. The highest BCUT2D eigenvalue weighted by molar-refractivity contribution is 7.89. The molecule has 4 nitrogen and oxygen atoms in total. The van der Waals surface area contributed by atoms with Gasteiger partial charge in [-0.25, -0.2) is 8.42 Å². The monoisotopic (exact) mass is 316 g/mol. The number of nitrogens with zero attached hydrogens (tertiary/aromatic N) is 1. The smallest absolute Gasteiger partial charge is 0.243 e. The molecule has 0 amide bonds. The Kier molecular flexibility index (Phi) is 4.62. The molecule has 0 saturated heterocycles. The minimum Gasteiger partial charge on any atom is -0.397 e. The van der Waals surface area contributed by atoms with Crippen LogP contribution >= 0.6 is 11.6 Å². The highest BCUT2D eigenvalue weighted by atomic mass is 35.5.